The Kier molecular flexibility index (Phi) is 8.96. The molecule has 2 bridgehead atoms. The molecule has 1 N–H and O–H groups in total. The number of carbonyl (C=O) groups is 3. The number of ether oxygens (including phenoxy) is 2. The maximum Gasteiger partial charge on any atom is 0.312 e. The number of rotatable bonds is 13. The van der Waals surface area contributed by atoms with Crippen LogP contribution in [0.25, 0.3) is 0 Å². The zero-order valence-electron chi connectivity index (χ0n) is 21.9. The van der Waals surface area contributed by atoms with Crippen LogP contribution in [0.5, 0.6) is 0 Å². The van der Waals surface area contributed by atoms with Gasteiger partial charge in [0.2, 0.25) is 5.91 Å². The van der Waals surface area contributed by atoms with E-state index in [0.29, 0.717) is 42.8 Å². The number of anilines is 1. The molecule has 3 saturated heterocycles. The molecular formula is C29H37ClN2O6. The zero-order valence-corrected chi connectivity index (χ0v) is 22.7. The second-order valence-corrected chi connectivity index (χ2v) is 10.7. The number of aliphatic hydroxyl groups is 1. The molecule has 0 saturated carbocycles. The highest BCUT2D eigenvalue weighted by Crippen LogP contribution is 2.59. The molecule has 4 rings (SSSR count). The van der Waals surface area contributed by atoms with Crippen LogP contribution in [0.4, 0.5) is 5.69 Å². The zero-order chi connectivity index (χ0) is 27.4. The molecule has 206 valence electrons. The Morgan fingerprint density at radius 2 is 2.08 bits per heavy atom. The van der Waals surface area contributed by atoms with Crippen molar-refractivity contribution in [2.45, 2.75) is 63.2 Å². The van der Waals surface area contributed by atoms with E-state index in [0.717, 1.165) is 12.0 Å². The van der Waals surface area contributed by atoms with Crippen LogP contribution in [-0.4, -0.2) is 71.8 Å². The standard InChI is InChI=1S/C29H37ClN2O6/c1-4-6-9-18-37-28(36)22-21-13-14-29(38-21)23(22)26(34)32(16-7-8-17-33)25(29)27(35)31(15-5-2)24-19(3)11-10-12-20(24)30/h4-5,10-12,21-23,25,33H,1-2,6-9,13-18H2,3H3/t21-,22+,23+,25?,29?/m1/s1. The Hall–Kier alpha value is -2.68. The number of allylic oxidation sites excluding steroid dienone is 1. The summed E-state index contributed by atoms with van der Waals surface area (Å²) in [6.07, 6.45) is 6.35. The number of carbonyl (C=O) groups excluding carboxylic acids is 3. The van der Waals surface area contributed by atoms with Gasteiger partial charge in [-0.15, -0.1) is 13.2 Å². The van der Waals surface area contributed by atoms with Gasteiger partial charge in [0, 0.05) is 19.7 Å². The smallest absolute Gasteiger partial charge is 0.312 e. The fraction of sp³-hybridized carbons (Fsp3) is 0.552. The summed E-state index contributed by atoms with van der Waals surface area (Å²) < 4.78 is 12.0. The highest BCUT2D eigenvalue weighted by atomic mass is 35.5. The summed E-state index contributed by atoms with van der Waals surface area (Å²) >= 11 is 6.57. The molecule has 3 aliphatic rings. The maximum absolute atomic E-state index is 14.4. The van der Waals surface area contributed by atoms with Crippen LogP contribution in [0.15, 0.2) is 43.5 Å². The number of hydrogen-bond donors (Lipinski definition) is 1. The lowest BCUT2D eigenvalue weighted by Gasteiger charge is -2.37. The molecule has 2 unspecified atom stereocenters. The van der Waals surface area contributed by atoms with Crippen LogP contribution in [0.3, 0.4) is 0 Å². The summed E-state index contributed by atoms with van der Waals surface area (Å²) in [5.41, 5.74) is 0.250. The minimum atomic E-state index is -1.13. The van der Waals surface area contributed by atoms with Crippen LogP contribution in [0.1, 0.15) is 44.1 Å². The summed E-state index contributed by atoms with van der Waals surface area (Å²) in [6.45, 7) is 10.1. The van der Waals surface area contributed by atoms with Crippen molar-refractivity contribution < 1.29 is 29.0 Å². The summed E-state index contributed by atoms with van der Waals surface area (Å²) in [5.74, 6) is -2.60. The normalized spacial score (nSPS) is 27.3. The SMILES string of the molecule is C=CCCCOC(=O)[C@@H]1[C@H]2C(=O)N(CCCCO)C(C(=O)N(CC=C)c3c(C)cccc3Cl)C23CC[C@H]1O3. The van der Waals surface area contributed by atoms with Gasteiger partial charge in [0.15, 0.2) is 0 Å². The van der Waals surface area contributed by atoms with Crippen molar-refractivity contribution in [3.05, 3.63) is 54.1 Å². The molecule has 1 spiro atoms. The van der Waals surface area contributed by atoms with Crippen molar-refractivity contribution in [3.63, 3.8) is 0 Å². The van der Waals surface area contributed by atoms with Crippen LogP contribution in [-0.2, 0) is 23.9 Å². The van der Waals surface area contributed by atoms with Crippen LogP contribution >= 0.6 is 11.6 Å². The fourth-order valence-corrected chi connectivity index (χ4v) is 6.69. The third kappa shape index (κ3) is 4.90. The molecule has 3 heterocycles. The molecule has 0 aliphatic carbocycles. The molecule has 5 atom stereocenters. The van der Waals surface area contributed by atoms with Gasteiger partial charge in [0.05, 0.1) is 35.3 Å². The van der Waals surface area contributed by atoms with E-state index >= 15 is 0 Å². The largest absolute Gasteiger partial charge is 0.465 e. The van der Waals surface area contributed by atoms with Crippen molar-refractivity contribution >= 4 is 35.1 Å². The number of benzene rings is 1. The van der Waals surface area contributed by atoms with E-state index in [1.54, 1.807) is 28.0 Å². The minimum absolute atomic E-state index is 0.0190. The maximum atomic E-state index is 14.4. The Morgan fingerprint density at radius 1 is 1.29 bits per heavy atom. The first-order valence-electron chi connectivity index (χ1n) is 13.4. The highest BCUT2D eigenvalue weighted by Gasteiger charge is 2.75. The molecule has 8 nitrogen and oxygen atoms in total. The van der Waals surface area contributed by atoms with Crippen LogP contribution < -0.4 is 4.90 Å². The van der Waals surface area contributed by atoms with E-state index in [-0.39, 0.29) is 38.1 Å². The van der Waals surface area contributed by atoms with Gasteiger partial charge in [-0.2, -0.15) is 0 Å². The first-order valence-corrected chi connectivity index (χ1v) is 13.7. The third-order valence-corrected chi connectivity index (χ3v) is 8.25. The number of para-hydroxylation sites is 1. The summed E-state index contributed by atoms with van der Waals surface area (Å²) in [6, 6.07) is 4.49. The van der Waals surface area contributed by atoms with Crippen LogP contribution in [0.2, 0.25) is 5.02 Å². The predicted molar refractivity (Wildman–Crippen MR) is 145 cm³/mol. The molecule has 9 heteroatoms. The number of halogens is 1. The average molecular weight is 545 g/mol. The molecule has 38 heavy (non-hydrogen) atoms. The van der Waals surface area contributed by atoms with Crippen molar-refractivity contribution in [2.24, 2.45) is 11.8 Å². The topological polar surface area (TPSA) is 96.4 Å². The second kappa shape index (κ2) is 12.0. The average Bonchev–Trinajstić information content (AvgIpc) is 3.53. The van der Waals surface area contributed by atoms with Gasteiger partial charge in [-0.25, -0.2) is 0 Å². The summed E-state index contributed by atoms with van der Waals surface area (Å²) in [7, 11) is 0. The number of aryl methyl sites for hydroxylation is 1. The quantitative estimate of drug-likeness (QED) is 0.230. The van der Waals surface area contributed by atoms with E-state index in [1.807, 2.05) is 19.1 Å². The van der Waals surface area contributed by atoms with Crippen molar-refractivity contribution in [1.29, 1.82) is 0 Å². The Balaban J connectivity index is 1.71. The van der Waals surface area contributed by atoms with Gasteiger partial charge in [-0.05, 0) is 57.1 Å². The monoisotopic (exact) mass is 544 g/mol. The van der Waals surface area contributed by atoms with E-state index in [9.17, 15) is 19.5 Å². The van der Waals surface area contributed by atoms with Crippen molar-refractivity contribution in [3.8, 4) is 0 Å². The lowest BCUT2D eigenvalue weighted by atomic mass is 9.70. The number of nitrogens with zero attached hydrogens (tertiary/aromatic N) is 2. The predicted octanol–water partition coefficient (Wildman–Crippen LogP) is 3.82. The number of amides is 2. The Morgan fingerprint density at radius 3 is 2.76 bits per heavy atom. The molecule has 3 fully saturated rings. The number of hydrogen-bond acceptors (Lipinski definition) is 6. The van der Waals surface area contributed by atoms with E-state index in [4.69, 9.17) is 21.1 Å². The van der Waals surface area contributed by atoms with Crippen molar-refractivity contribution in [2.75, 3.05) is 31.2 Å². The van der Waals surface area contributed by atoms with Crippen LogP contribution in [0, 0.1) is 18.8 Å². The molecule has 2 amide bonds. The van der Waals surface area contributed by atoms with E-state index in [2.05, 4.69) is 13.2 Å². The van der Waals surface area contributed by atoms with Gasteiger partial charge < -0.3 is 24.4 Å². The van der Waals surface area contributed by atoms with Gasteiger partial charge in [-0.3, -0.25) is 14.4 Å². The lowest BCUT2D eigenvalue weighted by molar-refractivity contribution is -0.155. The molecule has 0 aromatic heterocycles. The Bertz CT molecular complexity index is 1070. The number of esters is 1. The van der Waals surface area contributed by atoms with Gasteiger partial charge in [0.25, 0.3) is 5.91 Å². The van der Waals surface area contributed by atoms with Gasteiger partial charge in [-0.1, -0.05) is 35.9 Å². The summed E-state index contributed by atoms with van der Waals surface area (Å²) in [5, 5.41) is 9.77. The van der Waals surface area contributed by atoms with Gasteiger partial charge in [0.1, 0.15) is 11.6 Å². The highest BCUT2D eigenvalue weighted by molar-refractivity contribution is 6.34. The molecule has 0 radical (unpaired) electrons. The Labute approximate surface area is 229 Å². The minimum Gasteiger partial charge on any atom is -0.465 e. The molecule has 1 aromatic carbocycles. The number of fused-ring (bicyclic) bond motifs is 1. The number of unbranched alkanes of at least 4 members (excludes halogenated alkanes) is 2. The third-order valence-electron chi connectivity index (χ3n) is 7.95. The van der Waals surface area contributed by atoms with Gasteiger partial charge >= 0.3 is 5.97 Å². The lowest BCUT2D eigenvalue weighted by Crippen LogP contribution is -2.56. The second-order valence-electron chi connectivity index (χ2n) is 10.3. The first-order chi connectivity index (χ1) is 18.3. The van der Waals surface area contributed by atoms with E-state index in [1.165, 1.54) is 0 Å². The molecule has 3 aliphatic heterocycles. The van der Waals surface area contributed by atoms with E-state index < -0.39 is 35.6 Å². The first kappa shape index (κ1) is 28.3. The molecular weight excluding hydrogens is 508 g/mol. The number of likely N-dealkylation sites (tertiary alicyclic amines) is 1. The molecule has 1 aromatic rings. The number of aliphatic hydroxyl groups excluding tert-OH is 1. The fourth-order valence-electron chi connectivity index (χ4n) is 6.36. The summed E-state index contributed by atoms with van der Waals surface area (Å²) in [4.78, 5) is 44.8. The van der Waals surface area contributed by atoms with Crippen molar-refractivity contribution in [1.82, 2.24) is 4.90 Å².